The van der Waals surface area contributed by atoms with E-state index in [1.54, 1.807) is 31.2 Å². The Morgan fingerprint density at radius 3 is 2.45 bits per heavy atom. The Morgan fingerprint density at radius 1 is 1.00 bits per heavy atom. The number of carbonyl (C=O) groups is 1. The molecule has 2 aliphatic rings. The predicted octanol–water partition coefficient (Wildman–Crippen LogP) is 3.29. The highest BCUT2D eigenvalue weighted by atomic mass is 32.2. The van der Waals surface area contributed by atoms with E-state index in [4.69, 9.17) is 0 Å². The summed E-state index contributed by atoms with van der Waals surface area (Å²) in [6.07, 6.45) is 0.557. The van der Waals surface area contributed by atoms with Crippen LogP contribution in [-0.4, -0.2) is 56.1 Å². The van der Waals surface area contributed by atoms with E-state index in [0.717, 1.165) is 12.1 Å². The first-order valence-corrected chi connectivity index (χ1v) is 11.3. The fraction of sp³-hybridized carbons (Fsp3) is 0.273. The van der Waals surface area contributed by atoms with Crippen LogP contribution in [0.3, 0.4) is 0 Å². The van der Waals surface area contributed by atoms with Gasteiger partial charge in [0.1, 0.15) is 22.4 Å². The number of rotatable bonds is 2. The van der Waals surface area contributed by atoms with E-state index in [2.05, 4.69) is 4.40 Å². The Morgan fingerprint density at radius 2 is 1.74 bits per heavy atom. The monoisotopic (exact) mass is 445 g/mol. The van der Waals surface area contributed by atoms with Crippen LogP contribution in [-0.2, 0) is 10.0 Å². The first kappa shape index (κ1) is 21.2. The fourth-order valence-corrected chi connectivity index (χ4v) is 5.42. The first-order valence-electron chi connectivity index (χ1n) is 9.89. The van der Waals surface area contributed by atoms with Crippen LogP contribution < -0.4 is 0 Å². The Kier molecular flexibility index (Phi) is 5.62. The number of halogens is 2. The highest BCUT2D eigenvalue weighted by molar-refractivity contribution is 8.00. The molecule has 9 heteroatoms. The third-order valence-electron chi connectivity index (χ3n) is 5.42. The summed E-state index contributed by atoms with van der Waals surface area (Å²) in [5.41, 5.74) is 0.964. The summed E-state index contributed by atoms with van der Waals surface area (Å²) in [5, 5.41) is 0. The van der Waals surface area contributed by atoms with Crippen LogP contribution >= 0.6 is 0 Å². The lowest BCUT2D eigenvalue weighted by molar-refractivity contribution is 0.0759. The van der Waals surface area contributed by atoms with Crippen molar-refractivity contribution in [1.29, 1.82) is 0 Å². The molecule has 0 bridgehead atoms. The molecule has 2 aromatic carbocycles. The average molecular weight is 445 g/mol. The largest absolute Gasteiger partial charge is 0.354 e. The van der Waals surface area contributed by atoms with Gasteiger partial charge >= 0.3 is 0 Å². The van der Waals surface area contributed by atoms with Crippen molar-refractivity contribution in [2.75, 3.05) is 26.2 Å². The van der Waals surface area contributed by atoms with E-state index in [0.29, 0.717) is 49.1 Å². The molecule has 2 aliphatic heterocycles. The zero-order chi connectivity index (χ0) is 22.2. The number of hydrogen-bond acceptors (Lipinski definition) is 4. The molecule has 0 atom stereocenters. The van der Waals surface area contributed by atoms with Crippen molar-refractivity contribution in [3.8, 4) is 0 Å². The number of nitrogens with zero attached hydrogens (tertiary/aromatic N) is 3. The SMILES string of the molecule is CC1=C(c2ccccc2)S(=O)(=O)N=C1N1CCCN(C(=O)c2ccc(F)cc2F)CC1. The van der Waals surface area contributed by atoms with Gasteiger partial charge in [0, 0.05) is 37.8 Å². The molecule has 6 nitrogen and oxygen atoms in total. The molecular weight excluding hydrogens is 424 g/mol. The van der Waals surface area contributed by atoms with Crippen LogP contribution in [0.5, 0.6) is 0 Å². The Labute approximate surface area is 179 Å². The van der Waals surface area contributed by atoms with E-state index in [-0.39, 0.29) is 17.0 Å². The van der Waals surface area contributed by atoms with Crippen LogP contribution in [0.1, 0.15) is 29.3 Å². The van der Waals surface area contributed by atoms with Crippen molar-refractivity contribution in [1.82, 2.24) is 9.80 Å². The molecule has 0 spiro atoms. The van der Waals surface area contributed by atoms with Crippen LogP contribution in [0.4, 0.5) is 8.78 Å². The van der Waals surface area contributed by atoms with Gasteiger partial charge in [0.25, 0.3) is 15.9 Å². The van der Waals surface area contributed by atoms with Gasteiger partial charge in [-0.25, -0.2) is 8.78 Å². The number of amides is 1. The van der Waals surface area contributed by atoms with Crippen LogP contribution in [0, 0.1) is 11.6 Å². The second-order valence-corrected chi connectivity index (χ2v) is 9.01. The second-order valence-electron chi connectivity index (χ2n) is 7.47. The van der Waals surface area contributed by atoms with Gasteiger partial charge in [-0.15, -0.1) is 4.40 Å². The molecule has 2 aromatic rings. The lowest BCUT2D eigenvalue weighted by Crippen LogP contribution is -2.37. The van der Waals surface area contributed by atoms with E-state index in [1.807, 2.05) is 11.0 Å². The van der Waals surface area contributed by atoms with E-state index < -0.39 is 27.6 Å². The summed E-state index contributed by atoms with van der Waals surface area (Å²) >= 11 is 0. The van der Waals surface area contributed by atoms with E-state index >= 15 is 0 Å². The summed E-state index contributed by atoms with van der Waals surface area (Å²) in [4.78, 5) is 16.3. The van der Waals surface area contributed by atoms with Gasteiger partial charge < -0.3 is 9.80 Å². The number of hydrogen-bond donors (Lipinski definition) is 0. The molecule has 1 saturated heterocycles. The molecule has 1 amide bonds. The topological polar surface area (TPSA) is 70.1 Å². The molecule has 162 valence electrons. The van der Waals surface area contributed by atoms with Gasteiger partial charge in [-0.1, -0.05) is 30.3 Å². The van der Waals surface area contributed by atoms with Crippen LogP contribution in [0.15, 0.2) is 58.5 Å². The second kappa shape index (κ2) is 8.22. The minimum absolute atomic E-state index is 0.182. The smallest absolute Gasteiger partial charge is 0.285 e. The van der Waals surface area contributed by atoms with Gasteiger partial charge in [-0.05, 0) is 31.0 Å². The maximum absolute atomic E-state index is 14.0. The van der Waals surface area contributed by atoms with Crippen LogP contribution in [0.25, 0.3) is 4.91 Å². The van der Waals surface area contributed by atoms with Crippen molar-refractivity contribution in [2.45, 2.75) is 13.3 Å². The normalized spacial score (nSPS) is 18.7. The number of benzene rings is 2. The molecular formula is C22H21F2N3O3S. The molecule has 0 unspecified atom stereocenters. The summed E-state index contributed by atoms with van der Waals surface area (Å²) in [6, 6.07) is 11.7. The quantitative estimate of drug-likeness (QED) is 0.711. The lowest BCUT2D eigenvalue weighted by atomic mass is 10.1. The van der Waals surface area contributed by atoms with E-state index in [1.165, 1.54) is 4.90 Å². The molecule has 0 aromatic heterocycles. The van der Waals surface area contributed by atoms with Crippen molar-refractivity contribution in [3.63, 3.8) is 0 Å². The number of sulfonamides is 1. The highest BCUT2D eigenvalue weighted by Crippen LogP contribution is 2.33. The van der Waals surface area contributed by atoms with Crippen molar-refractivity contribution < 1.29 is 22.0 Å². The van der Waals surface area contributed by atoms with Gasteiger partial charge in [-0.3, -0.25) is 4.79 Å². The maximum Gasteiger partial charge on any atom is 0.285 e. The minimum Gasteiger partial charge on any atom is -0.354 e. The van der Waals surface area contributed by atoms with Gasteiger partial charge in [-0.2, -0.15) is 8.42 Å². The van der Waals surface area contributed by atoms with Gasteiger partial charge in [0.15, 0.2) is 0 Å². The van der Waals surface area contributed by atoms with Crippen molar-refractivity contribution in [2.24, 2.45) is 4.40 Å². The molecule has 31 heavy (non-hydrogen) atoms. The highest BCUT2D eigenvalue weighted by Gasteiger charge is 2.34. The summed E-state index contributed by atoms with van der Waals surface area (Å²) in [5.74, 6) is -1.78. The molecule has 4 rings (SSSR count). The molecule has 0 N–H and O–H groups in total. The molecule has 0 aliphatic carbocycles. The third kappa shape index (κ3) is 4.10. The molecule has 0 radical (unpaired) electrons. The molecule has 1 fully saturated rings. The minimum atomic E-state index is -3.82. The van der Waals surface area contributed by atoms with E-state index in [9.17, 15) is 22.0 Å². The van der Waals surface area contributed by atoms with Crippen molar-refractivity contribution >= 4 is 26.7 Å². The zero-order valence-corrected chi connectivity index (χ0v) is 17.7. The predicted molar refractivity (Wildman–Crippen MR) is 114 cm³/mol. The Hall–Kier alpha value is -3.07. The van der Waals surface area contributed by atoms with Crippen LogP contribution in [0.2, 0.25) is 0 Å². The third-order valence-corrected chi connectivity index (χ3v) is 6.89. The van der Waals surface area contributed by atoms with Crippen molar-refractivity contribution in [3.05, 3.63) is 76.9 Å². The lowest BCUT2D eigenvalue weighted by Gasteiger charge is -2.24. The maximum atomic E-state index is 14.0. The zero-order valence-electron chi connectivity index (χ0n) is 16.9. The summed E-state index contributed by atoms with van der Waals surface area (Å²) < 4.78 is 56.7. The molecule has 0 saturated carbocycles. The molecule has 2 heterocycles. The summed E-state index contributed by atoms with van der Waals surface area (Å²) in [7, 11) is -3.82. The number of carbonyl (C=O) groups excluding carboxylic acids is 1. The summed E-state index contributed by atoms with van der Waals surface area (Å²) in [6.45, 7) is 3.22. The standard InChI is InChI=1S/C22H21F2N3O3S/c1-15-20(16-6-3-2-4-7-16)31(29,30)25-21(15)26-10-5-11-27(13-12-26)22(28)18-9-8-17(23)14-19(18)24/h2-4,6-9,14H,5,10-13H2,1H3. The number of amidine groups is 1. The average Bonchev–Trinajstić information content (AvgIpc) is 2.88. The van der Waals surface area contributed by atoms with Gasteiger partial charge in [0.05, 0.1) is 5.56 Å². The fourth-order valence-electron chi connectivity index (χ4n) is 3.94. The van der Waals surface area contributed by atoms with Gasteiger partial charge in [0.2, 0.25) is 0 Å². The first-order chi connectivity index (χ1) is 14.8. The Bertz CT molecular complexity index is 1190. The Balaban J connectivity index is 1.55.